The van der Waals surface area contributed by atoms with Crippen molar-refractivity contribution < 1.29 is 51.8 Å². The zero-order chi connectivity index (χ0) is 39.8. The predicted octanol–water partition coefficient (Wildman–Crippen LogP) is 11.7. The lowest BCUT2D eigenvalue weighted by atomic mass is 10.0. The lowest BCUT2D eigenvalue weighted by Crippen LogP contribution is -2.30. The van der Waals surface area contributed by atoms with Crippen molar-refractivity contribution in [3.05, 3.63) is 0 Å². The molecular weight excluding hydrogens is 739 g/mol. The molecule has 1 amide bonds. The highest BCUT2D eigenvalue weighted by Crippen LogP contribution is 2.43. The average Bonchev–Trinajstić information content (AvgIpc) is 3.15. The molecule has 0 aliphatic carbocycles. The van der Waals surface area contributed by atoms with Crippen LogP contribution in [-0.4, -0.2) is 75.7 Å². The Morgan fingerprint density at radius 2 is 0.964 bits per heavy atom. The third-order valence-electron chi connectivity index (χ3n) is 9.27. The number of rotatable bonds is 41. The topological polar surface area (TPSA) is 191 Å². The Balaban J connectivity index is -0.0000140. The van der Waals surface area contributed by atoms with E-state index < -0.39 is 38.6 Å². The highest BCUT2D eigenvalue weighted by atomic mass is 31.2. The van der Waals surface area contributed by atoms with Crippen LogP contribution >= 0.6 is 7.82 Å². The van der Waals surface area contributed by atoms with Crippen molar-refractivity contribution in [3.63, 3.8) is 0 Å². The second-order valence-corrected chi connectivity index (χ2v) is 15.9. The number of amides is 1. The van der Waals surface area contributed by atoms with Crippen LogP contribution in [0.3, 0.4) is 0 Å². The third-order valence-corrected chi connectivity index (χ3v) is 10.3. The van der Waals surface area contributed by atoms with Crippen molar-refractivity contribution in [2.45, 2.75) is 207 Å². The van der Waals surface area contributed by atoms with Crippen molar-refractivity contribution in [1.29, 1.82) is 0 Å². The van der Waals surface area contributed by atoms with Gasteiger partial charge in [-0.3, -0.25) is 18.6 Å². The zero-order valence-electron chi connectivity index (χ0n) is 35.3. The fourth-order valence-electron chi connectivity index (χ4n) is 5.99. The summed E-state index contributed by atoms with van der Waals surface area (Å²) in [6.45, 7) is 3.55. The Hall–Kier alpha value is -1.76. The van der Waals surface area contributed by atoms with E-state index in [0.717, 1.165) is 38.5 Å². The van der Waals surface area contributed by atoms with Crippen LogP contribution in [0.25, 0.3) is 0 Å². The molecule has 0 rings (SSSR count). The van der Waals surface area contributed by atoms with Crippen molar-refractivity contribution in [3.8, 4) is 0 Å². The molecule has 0 aromatic rings. The van der Waals surface area contributed by atoms with Crippen LogP contribution < -0.4 is 11.5 Å². The lowest BCUT2D eigenvalue weighted by Gasteiger charge is -2.20. The number of phosphoric acid groups is 1. The van der Waals surface area contributed by atoms with Crippen LogP contribution in [0, 0.1) is 0 Å². The van der Waals surface area contributed by atoms with E-state index in [-0.39, 0.29) is 59.4 Å². The minimum atomic E-state index is -4.56. The van der Waals surface area contributed by atoms with Gasteiger partial charge in [0.2, 0.25) is 0 Å². The van der Waals surface area contributed by atoms with Gasteiger partial charge in [-0.15, -0.1) is 0 Å². The normalized spacial score (nSPS) is 12.5. The van der Waals surface area contributed by atoms with Gasteiger partial charge in [0.1, 0.15) is 13.2 Å². The van der Waals surface area contributed by atoms with E-state index in [9.17, 15) is 23.8 Å². The molecule has 0 aromatic carbocycles. The first-order valence-electron chi connectivity index (χ1n) is 21.6. The molecule has 0 fully saturated rings. The van der Waals surface area contributed by atoms with Crippen LogP contribution in [0.1, 0.15) is 201 Å². The van der Waals surface area contributed by atoms with E-state index in [1.54, 1.807) is 0 Å². The molecule has 2 atom stereocenters. The standard InChI is InChI=1S/C41H80NO11P.CH4.H3N/c1-4-6-8-10-12-14-16-18-20-22-24-26-28-30-39(43)50-36-38(37-52-54(46,47)51-33-32-42-41(45)49-35-34-48-3)53-40(44)31-29-27-25-23-21-19-17-15-13-11-9-7-5-2;;/h38H,4-37H2,1-3H3,(H,42,45)(H,46,47);1H4;1H3/t38-;;/m1../s1. The fourth-order valence-corrected chi connectivity index (χ4v) is 6.74. The zero-order valence-corrected chi connectivity index (χ0v) is 36.2. The Morgan fingerprint density at radius 1 is 0.554 bits per heavy atom. The second-order valence-electron chi connectivity index (χ2n) is 14.4. The molecular formula is C42H87N2O11P. The van der Waals surface area contributed by atoms with Crippen molar-refractivity contribution in [2.24, 2.45) is 0 Å². The monoisotopic (exact) mass is 827 g/mol. The number of unbranched alkanes of at least 4 members (excludes halogenated alkanes) is 24. The van der Waals surface area contributed by atoms with Crippen molar-refractivity contribution in [1.82, 2.24) is 11.5 Å². The molecule has 0 aromatic heterocycles. The lowest BCUT2D eigenvalue weighted by molar-refractivity contribution is -0.161. The Bertz CT molecular complexity index is 929. The maximum atomic E-state index is 12.7. The SMILES string of the molecule is C.CCCCCCCCCCCCCCCC(=O)OC[C@H](COP(=O)(O)OCCNC(=O)OCCOC)OC(=O)CCCCCCCCCCCCCCC.N. The molecule has 0 spiro atoms. The van der Waals surface area contributed by atoms with Gasteiger partial charge >= 0.3 is 25.9 Å². The van der Waals surface area contributed by atoms with Crippen molar-refractivity contribution >= 4 is 25.9 Å². The number of methoxy groups -OCH3 is 1. The van der Waals surface area contributed by atoms with E-state index in [1.807, 2.05) is 0 Å². The number of alkyl carbamates (subject to hydrolysis) is 1. The number of ether oxygens (including phenoxy) is 4. The van der Waals surface area contributed by atoms with Gasteiger partial charge in [-0.2, -0.15) is 0 Å². The summed E-state index contributed by atoms with van der Waals surface area (Å²) in [5, 5.41) is 2.38. The van der Waals surface area contributed by atoms with Gasteiger partial charge in [0.15, 0.2) is 6.10 Å². The van der Waals surface area contributed by atoms with Gasteiger partial charge in [-0.25, -0.2) is 9.36 Å². The summed E-state index contributed by atoms with van der Waals surface area (Å²) in [5.74, 6) is -0.897. The maximum Gasteiger partial charge on any atom is 0.472 e. The summed E-state index contributed by atoms with van der Waals surface area (Å²) in [5.41, 5.74) is 0. The largest absolute Gasteiger partial charge is 0.472 e. The molecule has 0 aliphatic heterocycles. The molecule has 56 heavy (non-hydrogen) atoms. The Labute approximate surface area is 342 Å². The first-order chi connectivity index (χ1) is 26.2. The summed E-state index contributed by atoms with van der Waals surface area (Å²) in [7, 11) is -3.09. The van der Waals surface area contributed by atoms with Crippen LogP contribution in [0.2, 0.25) is 0 Å². The van der Waals surface area contributed by atoms with Gasteiger partial charge in [0, 0.05) is 26.5 Å². The minimum Gasteiger partial charge on any atom is -0.462 e. The molecule has 0 aliphatic rings. The summed E-state index contributed by atoms with van der Waals surface area (Å²) in [6, 6.07) is 0. The van der Waals surface area contributed by atoms with E-state index >= 15 is 0 Å². The number of carbonyl (C=O) groups excluding carboxylic acids is 3. The van der Waals surface area contributed by atoms with Crippen LogP contribution in [0.4, 0.5) is 4.79 Å². The number of carbonyl (C=O) groups is 3. The van der Waals surface area contributed by atoms with Crippen LogP contribution in [-0.2, 0) is 42.1 Å². The Morgan fingerprint density at radius 3 is 1.39 bits per heavy atom. The predicted molar refractivity (Wildman–Crippen MR) is 226 cm³/mol. The highest BCUT2D eigenvalue weighted by Gasteiger charge is 2.26. The summed E-state index contributed by atoms with van der Waals surface area (Å²) in [4.78, 5) is 46.9. The molecule has 0 saturated heterocycles. The van der Waals surface area contributed by atoms with Gasteiger partial charge in [-0.05, 0) is 12.8 Å². The molecule has 0 radical (unpaired) electrons. The van der Waals surface area contributed by atoms with Gasteiger partial charge in [0.05, 0.1) is 19.8 Å². The molecule has 0 saturated carbocycles. The van der Waals surface area contributed by atoms with Gasteiger partial charge in [0.25, 0.3) is 0 Å². The molecule has 14 heteroatoms. The second kappa shape index (κ2) is 44.3. The molecule has 13 nitrogen and oxygen atoms in total. The fraction of sp³-hybridized carbons (Fsp3) is 0.929. The molecule has 0 bridgehead atoms. The van der Waals surface area contributed by atoms with E-state index in [1.165, 1.54) is 123 Å². The smallest absolute Gasteiger partial charge is 0.462 e. The number of phosphoric ester groups is 1. The van der Waals surface area contributed by atoms with Crippen molar-refractivity contribution in [2.75, 3.05) is 46.7 Å². The summed E-state index contributed by atoms with van der Waals surface area (Å²) >= 11 is 0. The van der Waals surface area contributed by atoms with Gasteiger partial charge in [-0.1, -0.05) is 175 Å². The molecule has 1 unspecified atom stereocenters. The minimum absolute atomic E-state index is 0. The molecule has 5 N–H and O–H groups in total. The average molecular weight is 827 g/mol. The van der Waals surface area contributed by atoms with Crippen LogP contribution in [0.5, 0.6) is 0 Å². The number of nitrogens with one attached hydrogen (secondary N) is 1. The number of hydrogen-bond donors (Lipinski definition) is 3. The molecule has 336 valence electrons. The Kier molecular flexibility index (Phi) is 46.4. The van der Waals surface area contributed by atoms with E-state index in [4.69, 9.17) is 28.0 Å². The quantitative estimate of drug-likeness (QED) is 0.0229. The highest BCUT2D eigenvalue weighted by molar-refractivity contribution is 7.47. The van der Waals surface area contributed by atoms with E-state index in [2.05, 4.69) is 19.2 Å². The first kappa shape index (κ1) is 58.6. The maximum absolute atomic E-state index is 12.7. The van der Waals surface area contributed by atoms with Gasteiger partial charge < -0.3 is 35.3 Å². The summed E-state index contributed by atoms with van der Waals surface area (Å²) < 4.78 is 43.0. The third kappa shape index (κ3) is 43.4. The first-order valence-corrected chi connectivity index (χ1v) is 23.1. The number of hydrogen-bond acceptors (Lipinski definition) is 11. The van der Waals surface area contributed by atoms with Crippen LogP contribution in [0.15, 0.2) is 0 Å². The van der Waals surface area contributed by atoms with E-state index in [0.29, 0.717) is 12.8 Å². The summed E-state index contributed by atoms with van der Waals surface area (Å²) in [6.07, 6.45) is 29.8. The number of esters is 2. The molecule has 0 heterocycles.